The SMILES string of the molecule is CC1(CNc2cc(C(N)=O)ccc2[N+](=O)[O-])CCC1. The summed E-state index contributed by atoms with van der Waals surface area (Å²) in [5.41, 5.74) is 5.97. The van der Waals surface area contributed by atoms with Gasteiger partial charge in [0.15, 0.2) is 0 Å². The molecule has 0 saturated heterocycles. The van der Waals surface area contributed by atoms with Gasteiger partial charge in [-0.05, 0) is 30.4 Å². The summed E-state index contributed by atoms with van der Waals surface area (Å²) in [6, 6.07) is 4.13. The minimum Gasteiger partial charge on any atom is -0.379 e. The zero-order valence-corrected chi connectivity index (χ0v) is 10.8. The quantitative estimate of drug-likeness (QED) is 0.629. The Labute approximate surface area is 111 Å². The molecular weight excluding hydrogens is 246 g/mol. The molecule has 0 unspecified atom stereocenters. The predicted molar refractivity (Wildman–Crippen MR) is 72.1 cm³/mol. The number of hydrogen-bond donors (Lipinski definition) is 2. The zero-order chi connectivity index (χ0) is 14.0. The van der Waals surface area contributed by atoms with Gasteiger partial charge in [0.2, 0.25) is 5.91 Å². The smallest absolute Gasteiger partial charge is 0.292 e. The molecule has 1 aromatic rings. The van der Waals surface area contributed by atoms with Crippen LogP contribution in [0.15, 0.2) is 18.2 Å². The van der Waals surface area contributed by atoms with E-state index in [1.54, 1.807) is 0 Å². The number of carbonyl (C=O) groups excluding carboxylic acids is 1. The fourth-order valence-corrected chi connectivity index (χ4v) is 2.26. The molecule has 19 heavy (non-hydrogen) atoms. The molecule has 0 heterocycles. The van der Waals surface area contributed by atoms with Gasteiger partial charge in [-0.3, -0.25) is 14.9 Å². The molecule has 1 amide bonds. The second kappa shape index (κ2) is 4.87. The molecule has 0 aliphatic heterocycles. The molecule has 1 aliphatic rings. The van der Waals surface area contributed by atoms with Crippen LogP contribution in [0.3, 0.4) is 0 Å². The van der Waals surface area contributed by atoms with Crippen LogP contribution < -0.4 is 11.1 Å². The summed E-state index contributed by atoms with van der Waals surface area (Å²) in [6.07, 6.45) is 3.42. The molecule has 1 saturated carbocycles. The third-order valence-corrected chi connectivity index (χ3v) is 3.74. The lowest BCUT2D eigenvalue weighted by Gasteiger charge is -2.38. The number of anilines is 1. The van der Waals surface area contributed by atoms with Crippen molar-refractivity contribution in [3.8, 4) is 0 Å². The number of carbonyl (C=O) groups is 1. The zero-order valence-electron chi connectivity index (χ0n) is 10.8. The van der Waals surface area contributed by atoms with Gasteiger partial charge in [-0.2, -0.15) is 0 Å². The van der Waals surface area contributed by atoms with E-state index in [0.717, 1.165) is 12.8 Å². The highest BCUT2D eigenvalue weighted by atomic mass is 16.6. The topological polar surface area (TPSA) is 98.3 Å². The summed E-state index contributed by atoms with van der Waals surface area (Å²) < 4.78 is 0. The maximum Gasteiger partial charge on any atom is 0.292 e. The Balaban J connectivity index is 2.22. The van der Waals surface area contributed by atoms with Crippen molar-refractivity contribution in [1.29, 1.82) is 0 Å². The fraction of sp³-hybridized carbons (Fsp3) is 0.462. The van der Waals surface area contributed by atoms with Crippen LogP contribution in [0.4, 0.5) is 11.4 Å². The molecule has 1 aliphatic carbocycles. The van der Waals surface area contributed by atoms with Crippen molar-refractivity contribution in [3.63, 3.8) is 0 Å². The molecule has 0 spiro atoms. The molecule has 1 fully saturated rings. The Morgan fingerprint density at radius 3 is 2.68 bits per heavy atom. The lowest BCUT2D eigenvalue weighted by Crippen LogP contribution is -2.33. The summed E-state index contributed by atoms with van der Waals surface area (Å²) in [5, 5.41) is 14.0. The van der Waals surface area contributed by atoms with Gasteiger partial charge in [0.05, 0.1) is 4.92 Å². The minimum absolute atomic E-state index is 0.0343. The Bertz CT molecular complexity index is 524. The van der Waals surface area contributed by atoms with Crippen LogP contribution >= 0.6 is 0 Å². The van der Waals surface area contributed by atoms with Crippen LogP contribution in [0, 0.1) is 15.5 Å². The van der Waals surface area contributed by atoms with Crippen molar-refractivity contribution < 1.29 is 9.72 Å². The molecule has 0 atom stereocenters. The Morgan fingerprint density at radius 2 is 2.21 bits per heavy atom. The van der Waals surface area contributed by atoms with E-state index in [0.29, 0.717) is 12.2 Å². The number of rotatable bonds is 5. The predicted octanol–water partition coefficient (Wildman–Crippen LogP) is 2.30. The summed E-state index contributed by atoms with van der Waals surface area (Å²) >= 11 is 0. The first-order valence-corrected chi connectivity index (χ1v) is 6.23. The molecule has 3 N–H and O–H groups in total. The summed E-state index contributed by atoms with van der Waals surface area (Å²) in [7, 11) is 0. The van der Waals surface area contributed by atoms with Gasteiger partial charge in [-0.1, -0.05) is 13.3 Å². The van der Waals surface area contributed by atoms with Gasteiger partial charge in [-0.25, -0.2) is 0 Å². The molecule has 0 bridgehead atoms. The van der Waals surface area contributed by atoms with E-state index in [1.807, 2.05) is 0 Å². The molecular formula is C13H17N3O3. The van der Waals surface area contributed by atoms with E-state index >= 15 is 0 Å². The normalized spacial score (nSPS) is 16.5. The molecule has 102 valence electrons. The second-order valence-corrected chi connectivity index (χ2v) is 5.37. The van der Waals surface area contributed by atoms with Gasteiger partial charge in [0.1, 0.15) is 5.69 Å². The third kappa shape index (κ3) is 2.83. The first-order valence-electron chi connectivity index (χ1n) is 6.23. The Morgan fingerprint density at radius 1 is 1.53 bits per heavy atom. The van der Waals surface area contributed by atoms with Gasteiger partial charge >= 0.3 is 0 Å². The van der Waals surface area contributed by atoms with Gasteiger partial charge in [-0.15, -0.1) is 0 Å². The number of nitrogens with zero attached hydrogens (tertiary/aromatic N) is 1. The number of nitrogens with one attached hydrogen (secondary N) is 1. The Hall–Kier alpha value is -2.11. The maximum atomic E-state index is 11.1. The largest absolute Gasteiger partial charge is 0.379 e. The monoisotopic (exact) mass is 263 g/mol. The molecule has 6 nitrogen and oxygen atoms in total. The highest BCUT2D eigenvalue weighted by Gasteiger charge is 2.32. The van der Waals surface area contributed by atoms with Crippen molar-refractivity contribution in [3.05, 3.63) is 33.9 Å². The average Bonchev–Trinajstić information content (AvgIpc) is 2.33. The molecule has 0 radical (unpaired) electrons. The fourth-order valence-electron chi connectivity index (χ4n) is 2.26. The van der Waals surface area contributed by atoms with Gasteiger partial charge < -0.3 is 11.1 Å². The van der Waals surface area contributed by atoms with Gasteiger partial charge in [0.25, 0.3) is 5.69 Å². The van der Waals surface area contributed by atoms with E-state index in [4.69, 9.17) is 5.73 Å². The number of nitro benzene ring substituents is 1. The second-order valence-electron chi connectivity index (χ2n) is 5.37. The van der Waals surface area contributed by atoms with E-state index < -0.39 is 10.8 Å². The maximum absolute atomic E-state index is 11.1. The third-order valence-electron chi connectivity index (χ3n) is 3.74. The molecule has 1 aromatic carbocycles. The van der Waals surface area contributed by atoms with E-state index in [9.17, 15) is 14.9 Å². The summed E-state index contributed by atoms with van der Waals surface area (Å²) in [5.74, 6) is -0.590. The van der Waals surface area contributed by atoms with Crippen LogP contribution in [0.2, 0.25) is 0 Å². The minimum atomic E-state index is -0.590. The number of amides is 1. The number of benzene rings is 1. The number of hydrogen-bond acceptors (Lipinski definition) is 4. The van der Waals surface area contributed by atoms with Crippen LogP contribution in [0.25, 0.3) is 0 Å². The first-order chi connectivity index (χ1) is 8.91. The van der Waals surface area contributed by atoms with Crippen LogP contribution in [0.1, 0.15) is 36.5 Å². The van der Waals surface area contributed by atoms with Crippen LogP contribution in [0.5, 0.6) is 0 Å². The van der Waals surface area contributed by atoms with Crippen molar-refractivity contribution >= 4 is 17.3 Å². The van der Waals surface area contributed by atoms with Crippen molar-refractivity contribution in [2.24, 2.45) is 11.1 Å². The van der Waals surface area contributed by atoms with Crippen LogP contribution in [-0.2, 0) is 0 Å². The molecule has 6 heteroatoms. The van der Waals surface area contributed by atoms with Crippen molar-refractivity contribution in [1.82, 2.24) is 0 Å². The first kappa shape index (κ1) is 13.3. The number of primary amides is 1. The van der Waals surface area contributed by atoms with E-state index in [2.05, 4.69) is 12.2 Å². The average molecular weight is 263 g/mol. The lowest BCUT2D eigenvalue weighted by molar-refractivity contribution is -0.384. The van der Waals surface area contributed by atoms with Crippen LogP contribution in [-0.4, -0.2) is 17.4 Å². The number of nitro groups is 1. The Kier molecular flexibility index (Phi) is 3.42. The van der Waals surface area contributed by atoms with Crippen molar-refractivity contribution in [2.45, 2.75) is 26.2 Å². The molecule has 2 rings (SSSR count). The van der Waals surface area contributed by atoms with Crippen molar-refractivity contribution in [2.75, 3.05) is 11.9 Å². The van der Waals surface area contributed by atoms with E-state index in [1.165, 1.54) is 24.6 Å². The standard InChI is InChI=1S/C13H17N3O3/c1-13(5-2-6-13)8-15-10-7-9(12(14)17)3-4-11(10)16(18)19/h3-4,7,15H,2,5-6,8H2,1H3,(H2,14,17). The highest BCUT2D eigenvalue weighted by molar-refractivity contribution is 5.94. The number of nitrogens with two attached hydrogens (primary N) is 1. The van der Waals surface area contributed by atoms with E-state index in [-0.39, 0.29) is 16.7 Å². The summed E-state index contributed by atoms with van der Waals surface area (Å²) in [6.45, 7) is 2.81. The highest BCUT2D eigenvalue weighted by Crippen LogP contribution is 2.40. The van der Waals surface area contributed by atoms with Gasteiger partial charge in [0, 0.05) is 18.2 Å². The lowest BCUT2D eigenvalue weighted by atomic mass is 9.70. The summed E-state index contributed by atoms with van der Waals surface area (Å²) in [4.78, 5) is 21.6. The molecule has 0 aromatic heterocycles.